The molecule has 0 radical (unpaired) electrons. The molecule has 0 spiro atoms. The first kappa shape index (κ1) is 18.7. The van der Waals surface area contributed by atoms with Gasteiger partial charge in [0.1, 0.15) is 0 Å². The number of fused-ring (bicyclic) bond motifs is 1. The van der Waals surface area contributed by atoms with E-state index in [9.17, 15) is 14.4 Å². The van der Waals surface area contributed by atoms with Gasteiger partial charge in [0.25, 0.3) is 5.56 Å². The summed E-state index contributed by atoms with van der Waals surface area (Å²) < 4.78 is 4.75. The van der Waals surface area contributed by atoms with Crippen LogP contribution in [0.2, 0.25) is 0 Å². The van der Waals surface area contributed by atoms with Crippen molar-refractivity contribution in [3.63, 3.8) is 0 Å². The predicted molar refractivity (Wildman–Crippen MR) is 102 cm³/mol. The molecule has 8 nitrogen and oxygen atoms in total. The van der Waals surface area contributed by atoms with Crippen LogP contribution in [0.5, 0.6) is 0 Å². The van der Waals surface area contributed by atoms with E-state index in [1.807, 2.05) is 13.8 Å². The van der Waals surface area contributed by atoms with Gasteiger partial charge in [0, 0.05) is 10.3 Å². The molecule has 0 fully saturated rings. The van der Waals surface area contributed by atoms with E-state index in [1.54, 1.807) is 24.3 Å². The Hall–Kier alpha value is -3.07. The minimum absolute atomic E-state index is 0.0402. The van der Waals surface area contributed by atoms with Crippen LogP contribution >= 0.6 is 11.3 Å². The SMILES string of the molecule is COC(=O)c1nc(NC(=O)Cc2n[nH]c(=O)c3ccccc23)sc1C(C)C. The summed E-state index contributed by atoms with van der Waals surface area (Å²) in [6.07, 6.45) is -0.0402. The third-order valence-corrected chi connectivity index (χ3v) is 5.18. The van der Waals surface area contributed by atoms with Crippen molar-refractivity contribution in [2.24, 2.45) is 0 Å². The maximum Gasteiger partial charge on any atom is 0.357 e. The van der Waals surface area contributed by atoms with E-state index in [4.69, 9.17) is 4.74 Å². The number of carbonyl (C=O) groups excluding carboxylic acids is 2. The quantitative estimate of drug-likeness (QED) is 0.651. The van der Waals surface area contributed by atoms with E-state index >= 15 is 0 Å². The first-order valence-electron chi connectivity index (χ1n) is 8.26. The molecule has 140 valence electrons. The number of methoxy groups -OCH3 is 1. The van der Waals surface area contributed by atoms with E-state index in [0.29, 0.717) is 21.6 Å². The molecule has 2 aromatic heterocycles. The molecular weight excluding hydrogens is 368 g/mol. The summed E-state index contributed by atoms with van der Waals surface area (Å²) in [5.41, 5.74) is 0.357. The van der Waals surface area contributed by atoms with E-state index in [1.165, 1.54) is 18.4 Å². The molecule has 0 saturated heterocycles. The average Bonchev–Trinajstić information content (AvgIpc) is 3.07. The Kier molecular flexibility index (Phi) is 5.31. The van der Waals surface area contributed by atoms with Gasteiger partial charge in [0.05, 0.1) is 24.6 Å². The molecule has 1 amide bonds. The van der Waals surface area contributed by atoms with Gasteiger partial charge in [-0.15, -0.1) is 11.3 Å². The lowest BCUT2D eigenvalue weighted by atomic mass is 10.1. The van der Waals surface area contributed by atoms with Gasteiger partial charge in [0.2, 0.25) is 5.91 Å². The van der Waals surface area contributed by atoms with Crippen LogP contribution in [0.4, 0.5) is 5.13 Å². The Bertz CT molecular complexity index is 1070. The van der Waals surface area contributed by atoms with Crippen LogP contribution < -0.4 is 10.9 Å². The molecule has 0 bridgehead atoms. The zero-order valence-corrected chi connectivity index (χ0v) is 15.8. The summed E-state index contributed by atoms with van der Waals surface area (Å²) >= 11 is 1.23. The number of amides is 1. The molecule has 0 unspecified atom stereocenters. The third-order valence-electron chi connectivity index (χ3n) is 3.91. The number of anilines is 1. The van der Waals surface area contributed by atoms with Crippen molar-refractivity contribution in [2.45, 2.75) is 26.2 Å². The number of ether oxygens (including phenoxy) is 1. The lowest BCUT2D eigenvalue weighted by Gasteiger charge is -2.04. The highest BCUT2D eigenvalue weighted by Crippen LogP contribution is 2.30. The molecule has 9 heteroatoms. The van der Waals surface area contributed by atoms with Crippen LogP contribution in [0, 0.1) is 0 Å². The Morgan fingerprint density at radius 3 is 2.63 bits per heavy atom. The standard InChI is InChI=1S/C18H18N4O4S/c1-9(2)15-14(17(25)26-3)20-18(27-15)19-13(23)8-12-10-6-4-5-7-11(10)16(24)22-21-12/h4-7,9H,8H2,1-3H3,(H,22,24)(H,19,20,23). The molecule has 0 aliphatic heterocycles. The van der Waals surface area contributed by atoms with Crippen LogP contribution in [0.15, 0.2) is 29.1 Å². The van der Waals surface area contributed by atoms with Gasteiger partial charge in [-0.3, -0.25) is 9.59 Å². The first-order chi connectivity index (χ1) is 12.9. The van der Waals surface area contributed by atoms with Crippen LogP contribution in [0.3, 0.4) is 0 Å². The molecule has 0 saturated carbocycles. The molecule has 2 heterocycles. The van der Waals surface area contributed by atoms with Crippen LogP contribution in [0.25, 0.3) is 10.8 Å². The molecule has 2 N–H and O–H groups in total. The molecule has 0 atom stereocenters. The molecule has 3 rings (SSSR count). The molecule has 3 aromatic rings. The summed E-state index contributed by atoms with van der Waals surface area (Å²) in [5, 5.41) is 10.5. The average molecular weight is 386 g/mol. The topological polar surface area (TPSA) is 114 Å². The Morgan fingerprint density at radius 2 is 1.96 bits per heavy atom. The van der Waals surface area contributed by atoms with Gasteiger partial charge in [0.15, 0.2) is 10.8 Å². The highest BCUT2D eigenvalue weighted by atomic mass is 32.1. The smallest absolute Gasteiger partial charge is 0.357 e. The Morgan fingerprint density at radius 1 is 1.26 bits per heavy atom. The zero-order chi connectivity index (χ0) is 19.6. The molecule has 1 aromatic carbocycles. The number of esters is 1. The fourth-order valence-electron chi connectivity index (χ4n) is 2.64. The van der Waals surface area contributed by atoms with Gasteiger partial charge in [-0.2, -0.15) is 5.10 Å². The minimum atomic E-state index is -0.538. The number of rotatable bonds is 5. The Labute approximate surface area is 158 Å². The summed E-state index contributed by atoms with van der Waals surface area (Å²) in [7, 11) is 1.29. The number of H-pyrrole nitrogens is 1. The van der Waals surface area contributed by atoms with Crippen molar-refractivity contribution in [2.75, 3.05) is 12.4 Å². The van der Waals surface area contributed by atoms with Crippen molar-refractivity contribution in [1.82, 2.24) is 15.2 Å². The minimum Gasteiger partial charge on any atom is -0.464 e. The van der Waals surface area contributed by atoms with E-state index in [2.05, 4.69) is 20.5 Å². The van der Waals surface area contributed by atoms with E-state index < -0.39 is 5.97 Å². The zero-order valence-electron chi connectivity index (χ0n) is 15.0. The second-order valence-electron chi connectivity index (χ2n) is 6.15. The Balaban J connectivity index is 1.84. The second-order valence-corrected chi connectivity index (χ2v) is 7.18. The van der Waals surface area contributed by atoms with Gasteiger partial charge < -0.3 is 10.1 Å². The number of hydrogen-bond acceptors (Lipinski definition) is 7. The largest absolute Gasteiger partial charge is 0.464 e. The normalized spacial score (nSPS) is 11.0. The monoisotopic (exact) mass is 386 g/mol. The first-order valence-corrected chi connectivity index (χ1v) is 9.07. The number of carbonyl (C=O) groups is 2. The highest BCUT2D eigenvalue weighted by molar-refractivity contribution is 7.16. The second kappa shape index (κ2) is 7.67. The third kappa shape index (κ3) is 3.87. The number of nitrogens with zero attached hydrogens (tertiary/aromatic N) is 2. The van der Waals surface area contributed by atoms with Crippen LogP contribution in [0.1, 0.15) is 40.8 Å². The van der Waals surface area contributed by atoms with Gasteiger partial charge in [-0.05, 0) is 12.0 Å². The van der Waals surface area contributed by atoms with Gasteiger partial charge in [-0.25, -0.2) is 14.9 Å². The highest BCUT2D eigenvalue weighted by Gasteiger charge is 2.22. The molecule has 0 aliphatic carbocycles. The number of aromatic amines is 1. The van der Waals surface area contributed by atoms with E-state index in [-0.39, 0.29) is 29.5 Å². The van der Waals surface area contributed by atoms with Gasteiger partial charge in [-0.1, -0.05) is 32.0 Å². The maximum absolute atomic E-state index is 12.4. The van der Waals surface area contributed by atoms with Crippen LogP contribution in [-0.4, -0.2) is 34.2 Å². The molecule has 0 aliphatic rings. The number of thiazole rings is 1. The number of hydrogen-bond donors (Lipinski definition) is 2. The molecular formula is C18H18N4O4S. The maximum atomic E-state index is 12.4. The van der Waals surface area contributed by atoms with Crippen molar-refractivity contribution in [1.29, 1.82) is 0 Å². The van der Waals surface area contributed by atoms with Crippen molar-refractivity contribution in [3.8, 4) is 0 Å². The lowest BCUT2D eigenvalue weighted by molar-refractivity contribution is -0.115. The summed E-state index contributed by atoms with van der Waals surface area (Å²) in [6, 6.07) is 6.95. The lowest BCUT2D eigenvalue weighted by Crippen LogP contribution is -2.18. The van der Waals surface area contributed by atoms with Crippen molar-refractivity contribution < 1.29 is 14.3 Å². The molecule has 27 heavy (non-hydrogen) atoms. The predicted octanol–water partition coefficient (Wildman–Crippen LogP) is 2.47. The van der Waals surface area contributed by atoms with Crippen molar-refractivity contribution >= 4 is 39.1 Å². The number of aromatic nitrogens is 3. The van der Waals surface area contributed by atoms with E-state index in [0.717, 1.165) is 4.88 Å². The van der Waals surface area contributed by atoms with Gasteiger partial charge >= 0.3 is 5.97 Å². The fourth-order valence-corrected chi connectivity index (χ4v) is 3.61. The van der Waals surface area contributed by atoms with Crippen molar-refractivity contribution in [3.05, 3.63) is 50.9 Å². The summed E-state index contributed by atoms with van der Waals surface area (Å²) in [4.78, 5) is 41.1. The summed E-state index contributed by atoms with van der Waals surface area (Å²) in [5.74, 6) is -0.823. The number of benzene rings is 1. The van der Waals surface area contributed by atoms with Crippen LogP contribution in [-0.2, 0) is 16.0 Å². The summed E-state index contributed by atoms with van der Waals surface area (Å²) in [6.45, 7) is 3.86. The number of nitrogens with one attached hydrogen (secondary N) is 2. The fraction of sp³-hybridized carbons (Fsp3) is 0.278.